The van der Waals surface area contributed by atoms with Gasteiger partial charge in [-0.1, -0.05) is 111 Å². The van der Waals surface area contributed by atoms with Crippen LogP contribution in [0.25, 0.3) is 0 Å². The second-order valence-corrected chi connectivity index (χ2v) is 12.1. The van der Waals surface area contributed by atoms with Crippen molar-refractivity contribution in [2.24, 2.45) is 5.73 Å². The summed E-state index contributed by atoms with van der Waals surface area (Å²) in [7, 11) is -4.74. The van der Waals surface area contributed by atoms with Gasteiger partial charge in [-0.15, -0.1) is 0 Å². The summed E-state index contributed by atoms with van der Waals surface area (Å²) in [4.78, 5) is 45.5. The first-order valence-corrected chi connectivity index (χ1v) is 18.3. The summed E-state index contributed by atoms with van der Waals surface area (Å²) >= 11 is 0. The van der Waals surface area contributed by atoms with Crippen LogP contribution in [0.3, 0.4) is 0 Å². The number of nitrogens with two attached hydrogens (primary N) is 1. The van der Waals surface area contributed by atoms with E-state index in [0.29, 0.717) is 19.3 Å². The Morgan fingerprint density at radius 3 is 1.82 bits per heavy atom. The zero-order valence-electron chi connectivity index (χ0n) is 29.0. The molecule has 4 N–H and O–H groups in total. The molecule has 0 aromatic heterocycles. The molecule has 0 amide bonds. The molecule has 0 rings (SSSR count). The number of phosphoric ester groups is 1. The summed E-state index contributed by atoms with van der Waals surface area (Å²) in [5.41, 5.74) is 5.29. The van der Waals surface area contributed by atoms with Gasteiger partial charge in [-0.05, 0) is 57.8 Å². The van der Waals surface area contributed by atoms with Crippen LogP contribution in [-0.2, 0) is 37.5 Å². The largest absolute Gasteiger partial charge is 0.480 e. The summed E-state index contributed by atoms with van der Waals surface area (Å²) in [6, 6.07) is -1.54. The van der Waals surface area contributed by atoms with Crippen molar-refractivity contribution >= 4 is 25.7 Å². The molecule has 0 radical (unpaired) electrons. The van der Waals surface area contributed by atoms with E-state index < -0.39 is 57.7 Å². The summed E-state index contributed by atoms with van der Waals surface area (Å²) in [5, 5.41) is 8.83. The van der Waals surface area contributed by atoms with Crippen LogP contribution >= 0.6 is 7.82 Å². The van der Waals surface area contributed by atoms with E-state index in [4.69, 9.17) is 24.8 Å². The molecular weight excluding hydrogens is 649 g/mol. The van der Waals surface area contributed by atoms with Crippen molar-refractivity contribution in [2.75, 3.05) is 19.8 Å². The number of hydrogen-bond donors (Lipinski definition) is 3. The first-order chi connectivity index (χ1) is 23.6. The molecule has 0 aliphatic rings. The van der Waals surface area contributed by atoms with Crippen molar-refractivity contribution in [2.45, 2.75) is 96.6 Å². The molecule has 0 aromatic carbocycles. The number of unbranched alkanes of at least 4 members (excludes halogenated alkanes) is 3. The number of esters is 2. The molecule has 2 unspecified atom stereocenters. The van der Waals surface area contributed by atoms with E-state index in [1.807, 2.05) is 54.7 Å². The van der Waals surface area contributed by atoms with Gasteiger partial charge in [-0.3, -0.25) is 23.4 Å². The molecule has 0 saturated carbocycles. The van der Waals surface area contributed by atoms with Gasteiger partial charge in [0.05, 0.1) is 13.2 Å². The summed E-state index contributed by atoms with van der Waals surface area (Å²) in [5.74, 6) is -2.55. The number of ether oxygens (including phenoxy) is 2. The Balaban J connectivity index is 4.74. The molecule has 0 fully saturated rings. The number of allylic oxidation sites excluding steroid dienone is 16. The van der Waals surface area contributed by atoms with E-state index in [1.165, 1.54) is 0 Å². The lowest BCUT2D eigenvalue weighted by atomic mass is 10.2. The number of carboxylic acid groups (broad SMARTS) is 1. The summed E-state index contributed by atoms with van der Waals surface area (Å²) in [6.07, 6.45) is 38.0. The van der Waals surface area contributed by atoms with Crippen molar-refractivity contribution in [3.05, 3.63) is 97.2 Å². The molecule has 0 aliphatic carbocycles. The molecule has 0 aromatic rings. The van der Waals surface area contributed by atoms with E-state index in [-0.39, 0.29) is 12.8 Å². The van der Waals surface area contributed by atoms with Crippen LogP contribution in [0.1, 0.15) is 84.5 Å². The molecule has 12 heteroatoms. The number of hydrogen-bond acceptors (Lipinski definition) is 9. The molecule has 274 valence electrons. The molecule has 0 aliphatic heterocycles. The third kappa shape index (κ3) is 31.4. The van der Waals surface area contributed by atoms with Crippen LogP contribution in [0.2, 0.25) is 0 Å². The minimum absolute atomic E-state index is 0.0500. The number of rotatable bonds is 29. The zero-order chi connectivity index (χ0) is 36.4. The van der Waals surface area contributed by atoms with Crippen LogP contribution in [-0.4, -0.2) is 59.9 Å². The van der Waals surface area contributed by atoms with E-state index in [0.717, 1.165) is 38.5 Å². The van der Waals surface area contributed by atoms with Crippen molar-refractivity contribution in [3.8, 4) is 0 Å². The van der Waals surface area contributed by atoms with E-state index in [2.05, 4.69) is 60.9 Å². The minimum atomic E-state index is -4.74. The normalized spacial score (nSPS) is 15.2. The number of carbonyl (C=O) groups excluding carboxylic acids is 2. The lowest BCUT2D eigenvalue weighted by Crippen LogP contribution is -2.34. The van der Waals surface area contributed by atoms with Crippen LogP contribution in [0, 0.1) is 0 Å². The van der Waals surface area contributed by atoms with Gasteiger partial charge in [0.25, 0.3) is 0 Å². The van der Waals surface area contributed by atoms with Gasteiger partial charge in [0.2, 0.25) is 0 Å². The number of carboxylic acids is 1. The van der Waals surface area contributed by atoms with Crippen molar-refractivity contribution in [1.29, 1.82) is 0 Å². The lowest BCUT2D eigenvalue weighted by molar-refractivity contribution is -0.161. The quantitative estimate of drug-likeness (QED) is 0.0228. The van der Waals surface area contributed by atoms with Crippen LogP contribution < -0.4 is 5.73 Å². The third-order valence-corrected chi connectivity index (χ3v) is 7.16. The topological polar surface area (TPSA) is 172 Å². The molecule has 49 heavy (non-hydrogen) atoms. The average molecular weight is 706 g/mol. The number of phosphoric acid groups is 1. The van der Waals surface area contributed by atoms with Crippen molar-refractivity contribution < 1.29 is 47.5 Å². The predicted octanol–water partition coefficient (Wildman–Crippen LogP) is 7.77. The lowest BCUT2D eigenvalue weighted by Gasteiger charge is -2.20. The smallest absolute Gasteiger partial charge is 0.472 e. The maximum atomic E-state index is 12.5. The fourth-order valence-corrected chi connectivity index (χ4v) is 4.35. The summed E-state index contributed by atoms with van der Waals surface area (Å²) in [6.45, 7) is 2.36. The first-order valence-electron chi connectivity index (χ1n) is 16.8. The maximum absolute atomic E-state index is 12.5. The van der Waals surface area contributed by atoms with Crippen molar-refractivity contribution in [3.63, 3.8) is 0 Å². The highest BCUT2D eigenvalue weighted by molar-refractivity contribution is 7.47. The van der Waals surface area contributed by atoms with Gasteiger partial charge in [0.15, 0.2) is 6.10 Å². The molecule has 0 spiro atoms. The summed E-state index contributed by atoms with van der Waals surface area (Å²) < 4.78 is 32.3. The second kappa shape index (κ2) is 31.7. The van der Waals surface area contributed by atoms with Gasteiger partial charge in [-0.2, -0.15) is 0 Å². The SMILES string of the molecule is CC/C=C/C=C/C=C/C=C/C=C/CCCC(=O)OC(COC(=O)CCCC/C=C/C/C=C/C/C=C/CC)COP(=O)(O)OC[C@H](N)C(=O)O. The first kappa shape index (κ1) is 45.4. The Labute approximate surface area is 292 Å². The average Bonchev–Trinajstić information content (AvgIpc) is 3.07. The van der Waals surface area contributed by atoms with Gasteiger partial charge >= 0.3 is 25.7 Å². The Morgan fingerprint density at radius 1 is 0.653 bits per heavy atom. The number of aliphatic carboxylic acids is 1. The van der Waals surface area contributed by atoms with Gasteiger partial charge in [-0.25, -0.2) is 4.57 Å². The third-order valence-electron chi connectivity index (χ3n) is 6.21. The molecular formula is C37H56NO10P. The second-order valence-electron chi connectivity index (χ2n) is 10.7. The molecule has 11 nitrogen and oxygen atoms in total. The number of carbonyl (C=O) groups is 3. The van der Waals surface area contributed by atoms with Crippen LogP contribution in [0.5, 0.6) is 0 Å². The van der Waals surface area contributed by atoms with Crippen LogP contribution in [0.4, 0.5) is 0 Å². The van der Waals surface area contributed by atoms with E-state index in [1.54, 1.807) is 0 Å². The van der Waals surface area contributed by atoms with Gasteiger partial charge in [0.1, 0.15) is 12.6 Å². The van der Waals surface area contributed by atoms with Gasteiger partial charge < -0.3 is 25.2 Å². The Hall–Kier alpha value is -3.60. The molecule has 0 bridgehead atoms. The molecule has 0 heterocycles. The Kier molecular flexibility index (Phi) is 29.3. The zero-order valence-corrected chi connectivity index (χ0v) is 29.9. The highest BCUT2D eigenvalue weighted by atomic mass is 31.2. The maximum Gasteiger partial charge on any atom is 0.472 e. The van der Waals surface area contributed by atoms with E-state index >= 15 is 0 Å². The van der Waals surface area contributed by atoms with E-state index in [9.17, 15) is 23.8 Å². The highest BCUT2D eigenvalue weighted by Gasteiger charge is 2.28. The van der Waals surface area contributed by atoms with Crippen molar-refractivity contribution in [1.82, 2.24) is 0 Å². The molecule has 3 atom stereocenters. The fourth-order valence-electron chi connectivity index (χ4n) is 3.58. The fraction of sp³-hybridized carbons (Fsp3) is 0.486. The predicted molar refractivity (Wildman–Crippen MR) is 193 cm³/mol. The van der Waals surface area contributed by atoms with Crippen LogP contribution in [0.15, 0.2) is 97.2 Å². The minimum Gasteiger partial charge on any atom is -0.480 e. The highest BCUT2D eigenvalue weighted by Crippen LogP contribution is 2.43. The Bertz CT molecular complexity index is 1200. The standard InChI is InChI=1S/C37H56NO10P/c1-3-5-7-9-11-13-15-17-19-21-23-25-27-29-36(40)48-33(31-46-49(43,44)47-32-34(38)37(41)42)30-45-35(39)28-26-24-22-20-18-16-14-12-10-8-6-4-2/h5-9,11-15,17-21,23,33-34H,3-4,10,16,22,24-32,38H2,1-2H3,(H,41,42)(H,43,44)/b7-5+,8-6+,11-9+,14-12+,15-13+,19-17+,20-18+,23-21+/t33?,34-/m0/s1. The van der Waals surface area contributed by atoms with Gasteiger partial charge in [0, 0.05) is 12.8 Å². The Morgan fingerprint density at radius 2 is 1.18 bits per heavy atom. The molecule has 0 saturated heterocycles. The monoisotopic (exact) mass is 705 g/mol.